The summed E-state index contributed by atoms with van der Waals surface area (Å²) in [5, 5.41) is 0.866. The van der Waals surface area contributed by atoms with Crippen LogP contribution in [0.25, 0.3) is 26.7 Å². The number of fused-ring (bicyclic) bond motifs is 2. The van der Waals surface area contributed by atoms with E-state index in [9.17, 15) is 22.8 Å². The van der Waals surface area contributed by atoms with Crippen molar-refractivity contribution in [2.24, 2.45) is 0 Å². The van der Waals surface area contributed by atoms with Gasteiger partial charge in [-0.25, -0.2) is 27.1 Å². The van der Waals surface area contributed by atoms with Crippen molar-refractivity contribution in [1.82, 2.24) is 19.4 Å². The molecular formula is C23H16N4O5S2. The van der Waals surface area contributed by atoms with Crippen molar-refractivity contribution < 1.29 is 13.2 Å². The Morgan fingerprint density at radius 1 is 0.853 bits per heavy atom. The fourth-order valence-corrected chi connectivity index (χ4v) is 5.80. The minimum absolute atomic E-state index is 0.000427. The maximum Gasteiger partial charge on any atom is 0.345 e. The number of carbonyl (C=O) groups excluding carboxylic acids is 1. The molecule has 170 valence electrons. The zero-order valence-electron chi connectivity index (χ0n) is 17.3. The monoisotopic (exact) mass is 492 g/mol. The fourth-order valence-electron chi connectivity index (χ4n) is 3.57. The van der Waals surface area contributed by atoms with E-state index in [0.717, 1.165) is 30.6 Å². The topological polar surface area (TPSA) is 119 Å². The lowest BCUT2D eigenvalue weighted by molar-refractivity contribution is 0.240. The smallest absolute Gasteiger partial charge is 0.268 e. The minimum Gasteiger partial charge on any atom is -0.268 e. The number of thiophene rings is 1. The number of carbonyl (C=O) groups is 1. The Hall–Kier alpha value is -4.06. The molecule has 0 aliphatic heterocycles. The molecule has 34 heavy (non-hydrogen) atoms. The zero-order chi connectivity index (χ0) is 23.9. The molecule has 0 fully saturated rings. The average Bonchev–Trinajstić information content (AvgIpc) is 3.29. The second-order valence-electron chi connectivity index (χ2n) is 7.25. The average molecular weight is 493 g/mol. The molecule has 9 nitrogen and oxygen atoms in total. The first-order valence-corrected chi connectivity index (χ1v) is 12.3. The molecule has 1 amide bonds. The normalized spacial score (nSPS) is 11.6. The maximum atomic E-state index is 13.2. The van der Waals surface area contributed by atoms with Gasteiger partial charge in [-0.1, -0.05) is 48.5 Å². The number of nitrogens with one attached hydrogen (secondary N) is 2. The third-order valence-electron chi connectivity index (χ3n) is 5.14. The summed E-state index contributed by atoms with van der Waals surface area (Å²) in [6, 6.07) is 21.8. The Balaban J connectivity index is 1.56. The van der Waals surface area contributed by atoms with E-state index < -0.39 is 27.3 Å². The van der Waals surface area contributed by atoms with Gasteiger partial charge in [-0.15, -0.1) is 16.2 Å². The lowest BCUT2D eigenvalue weighted by Crippen LogP contribution is -2.49. The maximum absolute atomic E-state index is 13.2. The van der Waals surface area contributed by atoms with Gasteiger partial charge in [-0.2, -0.15) is 0 Å². The van der Waals surface area contributed by atoms with Crippen LogP contribution in [-0.2, 0) is 10.0 Å². The molecule has 0 unspecified atom stereocenters. The van der Waals surface area contributed by atoms with Crippen LogP contribution >= 0.6 is 11.3 Å². The molecule has 0 aliphatic rings. The van der Waals surface area contributed by atoms with E-state index in [4.69, 9.17) is 0 Å². The van der Waals surface area contributed by atoms with Gasteiger partial charge in [0.05, 0.1) is 16.6 Å². The SMILES string of the molecule is O=C(NNS(=O)(=O)c1cc2ccccc2s1)n1c(=O)n(-c2ccccc2)c(=O)c2ccccc21. The van der Waals surface area contributed by atoms with Gasteiger partial charge >= 0.3 is 11.7 Å². The number of rotatable bonds is 4. The van der Waals surface area contributed by atoms with Crippen LogP contribution in [0.4, 0.5) is 4.79 Å². The summed E-state index contributed by atoms with van der Waals surface area (Å²) >= 11 is 1.04. The summed E-state index contributed by atoms with van der Waals surface area (Å²) < 4.78 is 27.9. The summed E-state index contributed by atoms with van der Waals surface area (Å²) in [4.78, 5) is 41.3. The molecule has 5 rings (SSSR count). The molecule has 0 radical (unpaired) electrons. The first kappa shape index (κ1) is 21.8. The number of sulfonamides is 1. The third-order valence-corrected chi connectivity index (χ3v) is 7.98. The number of nitrogens with zero attached hydrogens (tertiary/aromatic N) is 2. The molecule has 0 atom stereocenters. The van der Waals surface area contributed by atoms with Gasteiger partial charge in [0, 0.05) is 4.70 Å². The van der Waals surface area contributed by atoms with E-state index in [-0.39, 0.29) is 20.8 Å². The molecule has 2 N–H and O–H groups in total. The predicted octanol–water partition coefficient (Wildman–Crippen LogP) is 2.82. The summed E-state index contributed by atoms with van der Waals surface area (Å²) in [5.41, 5.74) is 0.877. The number of hydrogen-bond donors (Lipinski definition) is 2. The van der Waals surface area contributed by atoms with Gasteiger partial charge < -0.3 is 0 Å². The number of aromatic nitrogens is 2. The molecule has 11 heteroatoms. The highest BCUT2D eigenvalue weighted by Crippen LogP contribution is 2.28. The molecule has 0 aliphatic carbocycles. The largest absolute Gasteiger partial charge is 0.345 e. The zero-order valence-corrected chi connectivity index (χ0v) is 19.0. The summed E-state index contributed by atoms with van der Waals surface area (Å²) in [6.07, 6.45) is 0. The highest BCUT2D eigenvalue weighted by Gasteiger charge is 2.22. The van der Waals surface area contributed by atoms with Gasteiger partial charge in [0.15, 0.2) is 0 Å². The van der Waals surface area contributed by atoms with Crippen LogP contribution in [0.2, 0.25) is 0 Å². The van der Waals surface area contributed by atoms with Crippen LogP contribution in [0.1, 0.15) is 0 Å². The third kappa shape index (κ3) is 3.71. The van der Waals surface area contributed by atoms with Crippen LogP contribution in [0.3, 0.4) is 0 Å². The van der Waals surface area contributed by atoms with Crippen LogP contribution in [0.15, 0.2) is 98.7 Å². The Bertz CT molecular complexity index is 1750. The number of amides is 1. The summed E-state index contributed by atoms with van der Waals surface area (Å²) in [6.45, 7) is 0. The first-order valence-electron chi connectivity index (χ1n) is 10.00. The van der Waals surface area contributed by atoms with Crippen LogP contribution in [-0.4, -0.2) is 23.6 Å². The van der Waals surface area contributed by atoms with Crippen molar-refractivity contribution in [3.05, 3.63) is 106 Å². The van der Waals surface area contributed by atoms with Crippen molar-refractivity contribution in [2.75, 3.05) is 0 Å². The van der Waals surface area contributed by atoms with Crippen LogP contribution < -0.4 is 21.5 Å². The standard InChI is InChI=1S/C23H16N4O5S2/c28-21-17-11-5-6-12-18(17)27(23(30)26(21)16-9-2-1-3-10-16)22(29)24-25-34(31,32)20-14-15-8-4-7-13-19(15)33-20/h1-14,25H,(H,24,29). The highest BCUT2D eigenvalue weighted by atomic mass is 32.2. The molecule has 0 saturated carbocycles. The second kappa shape index (κ2) is 8.37. The Morgan fingerprint density at radius 3 is 2.29 bits per heavy atom. The van der Waals surface area contributed by atoms with Gasteiger partial charge in [-0.3, -0.25) is 10.2 Å². The first-order chi connectivity index (χ1) is 16.4. The predicted molar refractivity (Wildman–Crippen MR) is 130 cm³/mol. The van der Waals surface area contributed by atoms with Crippen LogP contribution in [0.5, 0.6) is 0 Å². The van der Waals surface area contributed by atoms with E-state index >= 15 is 0 Å². The molecule has 0 saturated heterocycles. The highest BCUT2D eigenvalue weighted by molar-refractivity contribution is 7.91. The number of hydrazine groups is 1. The quantitative estimate of drug-likeness (QED) is 0.374. The molecule has 2 aromatic heterocycles. The second-order valence-corrected chi connectivity index (χ2v) is 10.2. The van der Waals surface area contributed by atoms with E-state index in [1.165, 1.54) is 18.2 Å². The molecule has 5 aromatic rings. The lowest BCUT2D eigenvalue weighted by Gasteiger charge is -2.14. The van der Waals surface area contributed by atoms with E-state index in [1.807, 2.05) is 4.83 Å². The number of hydrogen-bond acceptors (Lipinski definition) is 6. The Morgan fingerprint density at radius 2 is 1.53 bits per heavy atom. The molecule has 3 aromatic carbocycles. The van der Waals surface area contributed by atoms with E-state index in [2.05, 4.69) is 5.43 Å². The van der Waals surface area contributed by atoms with Gasteiger partial charge in [0.1, 0.15) is 4.21 Å². The molecule has 0 bridgehead atoms. The van der Waals surface area contributed by atoms with Gasteiger partial charge in [0.25, 0.3) is 15.6 Å². The van der Waals surface area contributed by atoms with Crippen LogP contribution in [0, 0.1) is 0 Å². The molecule has 0 spiro atoms. The number of benzene rings is 3. The van der Waals surface area contributed by atoms with Gasteiger partial charge in [-0.05, 0) is 41.8 Å². The Kier molecular flexibility index (Phi) is 5.36. The van der Waals surface area contributed by atoms with E-state index in [0.29, 0.717) is 0 Å². The van der Waals surface area contributed by atoms with Crippen molar-refractivity contribution >= 4 is 48.4 Å². The fraction of sp³-hybridized carbons (Fsp3) is 0. The Labute approximate surface area is 196 Å². The summed E-state index contributed by atoms with van der Waals surface area (Å²) in [7, 11) is -4.11. The van der Waals surface area contributed by atoms with Crippen molar-refractivity contribution in [3.8, 4) is 5.69 Å². The minimum atomic E-state index is -4.11. The summed E-state index contributed by atoms with van der Waals surface area (Å²) in [5.74, 6) is 0. The number of para-hydroxylation sites is 2. The van der Waals surface area contributed by atoms with Crippen molar-refractivity contribution in [3.63, 3.8) is 0 Å². The van der Waals surface area contributed by atoms with Crippen molar-refractivity contribution in [2.45, 2.75) is 4.21 Å². The van der Waals surface area contributed by atoms with Gasteiger partial charge in [0.2, 0.25) is 0 Å². The lowest BCUT2D eigenvalue weighted by atomic mass is 10.2. The van der Waals surface area contributed by atoms with E-state index in [1.54, 1.807) is 66.7 Å². The molecule has 2 heterocycles. The molecular weight excluding hydrogens is 476 g/mol. The van der Waals surface area contributed by atoms with Crippen molar-refractivity contribution in [1.29, 1.82) is 0 Å².